The summed E-state index contributed by atoms with van der Waals surface area (Å²) in [7, 11) is 0. The summed E-state index contributed by atoms with van der Waals surface area (Å²) < 4.78 is 0. The molecule has 32 heavy (non-hydrogen) atoms. The van der Waals surface area contributed by atoms with E-state index in [-0.39, 0.29) is 0 Å². The van der Waals surface area contributed by atoms with Gasteiger partial charge in [0.25, 0.3) is 0 Å². The molecule has 0 amide bonds. The summed E-state index contributed by atoms with van der Waals surface area (Å²) in [6.45, 7) is 18.2. The van der Waals surface area contributed by atoms with Gasteiger partial charge < -0.3 is 0 Å². The first-order valence-electron chi connectivity index (χ1n) is 12.6. The normalized spacial score (nSPS) is 17.5. The van der Waals surface area contributed by atoms with Crippen LogP contribution in [0, 0.1) is 0 Å². The van der Waals surface area contributed by atoms with Crippen molar-refractivity contribution in [2.75, 3.05) is 0 Å². The Morgan fingerprint density at radius 1 is 0.500 bits per heavy atom. The Bertz CT molecular complexity index is 856. The average Bonchev–Trinajstić information content (AvgIpc) is 2.74. The van der Waals surface area contributed by atoms with E-state index in [1.54, 1.807) is 0 Å². The van der Waals surface area contributed by atoms with Crippen LogP contribution < -0.4 is 0 Å². The van der Waals surface area contributed by atoms with E-state index < -0.39 is 0 Å². The highest BCUT2D eigenvalue weighted by molar-refractivity contribution is 6.43. The zero-order valence-corrected chi connectivity index (χ0v) is 21.5. The first-order valence-corrected chi connectivity index (χ1v) is 12.6. The number of benzene rings is 2. The van der Waals surface area contributed by atoms with E-state index in [4.69, 9.17) is 9.98 Å². The monoisotopic (exact) mass is 430 g/mol. The second kappa shape index (κ2) is 10.6. The molecule has 1 aliphatic rings. The first kappa shape index (κ1) is 24.4. The lowest BCUT2D eigenvalue weighted by atomic mass is 9.90. The number of aliphatic imine (C=N–C) groups is 2. The molecule has 0 aliphatic heterocycles. The summed E-state index contributed by atoms with van der Waals surface area (Å²) in [5.41, 5.74) is 10.1. The van der Waals surface area contributed by atoms with Crippen molar-refractivity contribution in [1.29, 1.82) is 0 Å². The molecule has 3 rings (SSSR count). The van der Waals surface area contributed by atoms with Crippen LogP contribution in [-0.4, -0.2) is 11.4 Å². The molecule has 1 saturated carbocycles. The lowest BCUT2D eigenvalue weighted by Crippen LogP contribution is -2.19. The number of rotatable bonds is 6. The second-order valence-corrected chi connectivity index (χ2v) is 10.5. The third-order valence-electron chi connectivity index (χ3n) is 6.59. The molecular formula is C30H42N2. The Morgan fingerprint density at radius 3 is 1.03 bits per heavy atom. The highest BCUT2D eigenvalue weighted by atomic mass is 14.8. The molecule has 0 radical (unpaired) electrons. The van der Waals surface area contributed by atoms with E-state index >= 15 is 0 Å². The van der Waals surface area contributed by atoms with Crippen molar-refractivity contribution >= 4 is 22.8 Å². The second-order valence-electron chi connectivity index (χ2n) is 10.5. The molecule has 1 aliphatic carbocycles. The van der Waals surface area contributed by atoms with Gasteiger partial charge >= 0.3 is 0 Å². The van der Waals surface area contributed by atoms with Crippen molar-refractivity contribution in [3.8, 4) is 0 Å². The van der Waals surface area contributed by atoms with Gasteiger partial charge in [0, 0.05) is 0 Å². The maximum absolute atomic E-state index is 5.37. The average molecular weight is 431 g/mol. The maximum atomic E-state index is 5.37. The Morgan fingerprint density at radius 2 is 0.781 bits per heavy atom. The molecule has 0 N–H and O–H groups in total. The van der Waals surface area contributed by atoms with Crippen LogP contribution in [0.4, 0.5) is 11.4 Å². The van der Waals surface area contributed by atoms with Gasteiger partial charge in [-0.2, -0.15) is 0 Å². The summed E-state index contributed by atoms with van der Waals surface area (Å²) in [4.78, 5) is 10.7. The minimum absolute atomic E-state index is 0.450. The summed E-state index contributed by atoms with van der Waals surface area (Å²) in [6.07, 6.45) is 4.43. The van der Waals surface area contributed by atoms with Crippen LogP contribution >= 0.6 is 0 Å². The standard InChI is InChI=1S/C30H42N2/c1-19(2)23-13-11-14-24(20(3)4)29(23)31-27-17-9-10-18-28(27)32-30-25(21(5)6)15-12-16-26(30)22(7)8/h11-16,19-22H,9-10,17-18H2,1-8H3/b31-27-,32-28+. The van der Waals surface area contributed by atoms with Gasteiger partial charge in [0.1, 0.15) is 0 Å². The van der Waals surface area contributed by atoms with Gasteiger partial charge in [-0.3, -0.25) is 9.98 Å². The third kappa shape index (κ3) is 5.39. The molecule has 0 heterocycles. The van der Waals surface area contributed by atoms with Crippen LogP contribution in [0.15, 0.2) is 46.4 Å². The van der Waals surface area contributed by atoms with Gasteiger partial charge in [-0.15, -0.1) is 0 Å². The van der Waals surface area contributed by atoms with E-state index in [0.29, 0.717) is 23.7 Å². The Hall–Kier alpha value is -2.22. The molecule has 0 unspecified atom stereocenters. The van der Waals surface area contributed by atoms with Crippen molar-refractivity contribution in [2.24, 2.45) is 9.98 Å². The molecule has 2 aromatic rings. The van der Waals surface area contributed by atoms with E-state index in [9.17, 15) is 0 Å². The minimum Gasteiger partial charge on any atom is -0.251 e. The fourth-order valence-corrected chi connectivity index (χ4v) is 4.67. The van der Waals surface area contributed by atoms with Gasteiger partial charge in [0.15, 0.2) is 0 Å². The van der Waals surface area contributed by atoms with Crippen LogP contribution in [0.3, 0.4) is 0 Å². The molecule has 0 aromatic heterocycles. The molecule has 2 nitrogen and oxygen atoms in total. The van der Waals surface area contributed by atoms with Crippen molar-refractivity contribution in [2.45, 2.75) is 105 Å². The van der Waals surface area contributed by atoms with Gasteiger partial charge in [-0.1, -0.05) is 91.8 Å². The van der Waals surface area contributed by atoms with Crippen LogP contribution in [0.1, 0.15) is 127 Å². The summed E-state index contributed by atoms with van der Waals surface area (Å²) >= 11 is 0. The smallest absolute Gasteiger partial charge is 0.0702 e. The number of para-hydroxylation sites is 2. The third-order valence-corrected chi connectivity index (χ3v) is 6.59. The van der Waals surface area contributed by atoms with E-state index in [0.717, 1.165) is 12.8 Å². The fraction of sp³-hybridized carbons (Fsp3) is 0.533. The first-order chi connectivity index (χ1) is 15.2. The fourth-order valence-electron chi connectivity index (χ4n) is 4.67. The zero-order valence-electron chi connectivity index (χ0n) is 21.5. The highest BCUT2D eigenvalue weighted by Gasteiger charge is 2.21. The number of nitrogens with zero attached hydrogens (tertiary/aromatic N) is 2. The SMILES string of the molecule is CC(C)c1cccc(C(C)C)c1/N=C1/CCCC/C1=N\c1c(C(C)C)cccc1C(C)C. The molecule has 0 spiro atoms. The predicted octanol–water partition coefficient (Wildman–Crippen LogP) is 9.60. The number of hydrogen-bond donors (Lipinski definition) is 0. The van der Waals surface area contributed by atoms with Crippen molar-refractivity contribution in [3.05, 3.63) is 58.7 Å². The van der Waals surface area contributed by atoms with Crippen molar-refractivity contribution < 1.29 is 0 Å². The quantitative estimate of drug-likeness (QED) is 0.436. The zero-order chi connectivity index (χ0) is 23.4. The molecule has 0 saturated heterocycles. The van der Waals surface area contributed by atoms with Gasteiger partial charge in [-0.25, -0.2) is 0 Å². The van der Waals surface area contributed by atoms with Crippen molar-refractivity contribution in [3.63, 3.8) is 0 Å². The Balaban J connectivity index is 2.20. The Labute approximate surface area is 196 Å². The summed E-state index contributed by atoms with van der Waals surface area (Å²) in [5.74, 6) is 1.80. The highest BCUT2D eigenvalue weighted by Crippen LogP contribution is 2.38. The van der Waals surface area contributed by atoms with E-state index in [1.165, 1.54) is 57.9 Å². The summed E-state index contributed by atoms with van der Waals surface area (Å²) in [6, 6.07) is 13.4. The molecule has 172 valence electrons. The lowest BCUT2D eigenvalue weighted by molar-refractivity contribution is 0.774. The van der Waals surface area contributed by atoms with Gasteiger partial charge in [0.05, 0.1) is 22.8 Å². The minimum atomic E-state index is 0.450. The van der Waals surface area contributed by atoms with Crippen LogP contribution in [0.5, 0.6) is 0 Å². The lowest BCUT2D eigenvalue weighted by Gasteiger charge is -2.22. The summed E-state index contributed by atoms with van der Waals surface area (Å²) in [5, 5.41) is 0. The topological polar surface area (TPSA) is 24.7 Å². The molecule has 0 bridgehead atoms. The molecule has 2 heteroatoms. The van der Waals surface area contributed by atoms with E-state index in [2.05, 4.69) is 91.8 Å². The molecule has 0 atom stereocenters. The Kier molecular flexibility index (Phi) is 8.09. The predicted molar refractivity (Wildman–Crippen MR) is 142 cm³/mol. The van der Waals surface area contributed by atoms with E-state index in [1.807, 2.05) is 0 Å². The molecular weight excluding hydrogens is 388 g/mol. The van der Waals surface area contributed by atoms with Crippen LogP contribution in [-0.2, 0) is 0 Å². The largest absolute Gasteiger partial charge is 0.251 e. The number of hydrogen-bond acceptors (Lipinski definition) is 2. The molecule has 1 fully saturated rings. The maximum Gasteiger partial charge on any atom is 0.0702 e. The van der Waals surface area contributed by atoms with Gasteiger partial charge in [-0.05, 0) is 71.6 Å². The van der Waals surface area contributed by atoms with Crippen LogP contribution in [0.2, 0.25) is 0 Å². The van der Waals surface area contributed by atoms with Crippen LogP contribution in [0.25, 0.3) is 0 Å². The van der Waals surface area contributed by atoms with Gasteiger partial charge in [0.2, 0.25) is 0 Å². The molecule has 2 aromatic carbocycles. The van der Waals surface area contributed by atoms with Crippen molar-refractivity contribution in [1.82, 2.24) is 0 Å².